The smallest absolute Gasteiger partial charge is 0.121 e. The van der Waals surface area contributed by atoms with Gasteiger partial charge < -0.3 is 15.3 Å². The van der Waals surface area contributed by atoms with Crippen molar-refractivity contribution in [3.05, 3.63) is 28.8 Å². The summed E-state index contributed by atoms with van der Waals surface area (Å²) >= 11 is 6.14. The van der Waals surface area contributed by atoms with Crippen LogP contribution in [0, 0.1) is 0 Å². The predicted molar refractivity (Wildman–Crippen MR) is 84.3 cm³/mol. The fraction of sp³-hybridized carbons (Fsp3) is 0.625. The average molecular weight is 297 g/mol. The molecule has 20 heavy (non-hydrogen) atoms. The van der Waals surface area contributed by atoms with E-state index in [4.69, 9.17) is 11.6 Å². The third-order valence-electron chi connectivity index (χ3n) is 4.58. The molecule has 0 heterocycles. The van der Waals surface area contributed by atoms with E-state index in [-0.39, 0.29) is 11.3 Å². The van der Waals surface area contributed by atoms with E-state index in [0.29, 0.717) is 11.6 Å². The van der Waals surface area contributed by atoms with Gasteiger partial charge in [0.05, 0.1) is 0 Å². The Morgan fingerprint density at radius 3 is 2.55 bits per heavy atom. The van der Waals surface area contributed by atoms with E-state index in [9.17, 15) is 5.11 Å². The van der Waals surface area contributed by atoms with Gasteiger partial charge in [0.15, 0.2) is 0 Å². The molecule has 1 aliphatic rings. The average Bonchev–Trinajstić information content (AvgIpc) is 2.43. The fourth-order valence-electron chi connectivity index (χ4n) is 3.13. The molecule has 0 aliphatic heterocycles. The summed E-state index contributed by atoms with van der Waals surface area (Å²) < 4.78 is 0. The first kappa shape index (κ1) is 15.6. The Bertz CT molecular complexity index is 422. The molecule has 0 amide bonds. The maximum Gasteiger partial charge on any atom is 0.121 e. The summed E-state index contributed by atoms with van der Waals surface area (Å²) in [5.74, 6) is 0.271. The summed E-state index contributed by atoms with van der Waals surface area (Å²) in [6, 6.07) is 5.27. The largest absolute Gasteiger partial charge is 0.508 e. The van der Waals surface area contributed by atoms with Crippen molar-refractivity contribution in [2.45, 2.75) is 44.2 Å². The van der Waals surface area contributed by atoms with Gasteiger partial charge >= 0.3 is 0 Å². The molecule has 2 N–H and O–H groups in total. The molecular formula is C16H25ClN2O. The molecule has 0 bridgehead atoms. The lowest BCUT2D eigenvalue weighted by molar-refractivity contribution is 0.0983. The van der Waals surface area contributed by atoms with Crippen molar-refractivity contribution < 1.29 is 5.11 Å². The lowest BCUT2D eigenvalue weighted by Crippen LogP contribution is -2.52. The number of hydrogen-bond donors (Lipinski definition) is 2. The van der Waals surface area contributed by atoms with Gasteiger partial charge in [0.25, 0.3) is 0 Å². The van der Waals surface area contributed by atoms with Crippen LogP contribution in [0.4, 0.5) is 0 Å². The minimum Gasteiger partial charge on any atom is -0.508 e. The highest BCUT2D eigenvalue weighted by molar-refractivity contribution is 6.31. The molecule has 1 aromatic rings. The molecule has 0 atom stereocenters. The summed E-state index contributed by atoms with van der Waals surface area (Å²) in [7, 11) is 4.33. The zero-order valence-corrected chi connectivity index (χ0v) is 13.2. The van der Waals surface area contributed by atoms with Crippen molar-refractivity contribution in [1.82, 2.24) is 10.2 Å². The van der Waals surface area contributed by atoms with Crippen LogP contribution in [-0.4, -0.2) is 36.2 Å². The van der Waals surface area contributed by atoms with Crippen molar-refractivity contribution in [1.29, 1.82) is 0 Å². The first-order valence-corrected chi connectivity index (χ1v) is 7.77. The highest BCUT2D eigenvalue weighted by Crippen LogP contribution is 2.32. The summed E-state index contributed by atoms with van der Waals surface area (Å²) in [6.45, 7) is 1.55. The number of phenols is 1. The molecule has 2 rings (SSSR count). The number of halogens is 1. The highest BCUT2D eigenvalue weighted by Gasteiger charge is 2.33. The first-order valence-electron chi connectivity index (χ1n) is 7.40. The number of rotatable bonds is 5. The molecule has 0 saturated heterocycles. The number of phenolic OH excluding ortho intramolecular Hbond substituents is 1. The Morgan fingerprint density at radius 2 is 1.95 bits per heavy atom. The van der Waals surface area contributed by atoms with Gasteiger partial charge in [0.1, 0.15) is 5.75 Å². The number of nitrogens with zero attached hydrogens (tertiary/aromatic N) is 1. The van der Waals surface area contributed by atoms with Crippen molar-refractivity contribution in [3.63, 3.8) is 0 Å². The Hall–Kier alpha value is -0.770. The van der Waals surface area contributed by atoms with E-state index in [1.54, 1.807) is 12.1 Å². The number of likely N-dealkylation sites (N-methyl/N-ethyl adjacent to an activating group) is 1. The zero-order chi connectivity index (χ0) is 14.6. The van der Waals surface area contributed by atoms with Crippen LogP contribution >= 0.6 is 11.6 Å². The molecule has 112 valence electrons. The summed E-state index contributed by atoms with van der Waals surface area (Å²) in [6.07, 6.45) is 6.43. The van der Waals surface area contributed by atoms with E-state index in [1.807, 2.05) is 6.07 Å². The summed E-state index contributed by atoms with van der Waals surface area (Å²) in [5, 5.41) is 14.0. The molecule has 4 heteroatoms. The van der Waals surface area contributed by atoms with E-state index >= 15 is 0 Å². The molecule has 0 unspecified atom stereocenters. The van der Waals surface area contributed by atoms with Gasteiger partial charge in [-0.05, 0) is 39.1 Å². The second-order valence-electron chi connectivity index (χ2n) is 6.02. The minimum atomic E-state index is 0.245. The first-order chi connectivity index (χ1) is 9.55. The molecule has 1 aromatic carbocycles. The Balaban J connectivity index is 1.97. The third kappa shape index (κ3) is 3.46. The number of nitrogens with one attached hydrogen (secondary N) is 1. The van der Waals surface area contributed by atoms with Gasteiger partial charge in [-0.1, -0.05) is 36.9 Å². The van der Waals surface area contributed by atoms with Crippen LogP contribution in [0.1, 0.15) is 37.7 Å². The SMILES string of the molecule is CN(C)C1(CNCc2c(O)cccc2Cl)CCCCC1. The van der Waals surface area contributed by atoms with E-state index in [2.05, 4.69) is 24.3 Å². The second-order valence-corrected chi connectivity index (χ2v) is 6.43. The van der Waals surface area contributed by atoms with Crippen LogP contribution in [0.2, 0.25) is 5.02 Å². The van der Waals surface area contributed by atoms with Crippen molar-refractivity contribution in [2.24, 2.45) is 0 Å². The fourth-order valence-corrected chi connectivity index (χ4v) is 3.37. The summed E-state index contributed by atoms with van der Waals surface area (Å²) in [5.41, 5.74) is 1.04. The number of hydrogen-bond acceptors (Lipinski definition) is 3. The van der Waals surface area contributed by atoms with Gasteiger partial charge in [0, 0.05) is 29.2 Å². The van der Waals surface area contributed by atoms with Crippen LogP contribution in [0.3, 0.4) is 0 Å². The molecule has 1 saturated carbocycles. The maximum absolute atomic E-state index is 9.87. The van der Waals surface area contributed by atoms with E-state index in [1.165, 1.54) is 32.1 Å². The Kier molecular flexibility index (Phi) is 5.30. The van der Waals surface area contributed by atoms with Crippen molar-refractivity contribution in [2.75, 3.05) is 20.6 Å². The molecule has 1 aliphatic carbocycles. The quantitative estimate of drug-likeness (QED) is 0.874. The van der Waals surface area contributed by atoms with Crippen molar-refractivity contribution in [3.8, 4) is 5.75 Å². The van der Waals surface area contributed by atoms with E-state index in [0.717, 1.165) is 12.1 Å². The molecule has 0 radical (unpaired) electrons. The minimum absolute atomic E-state index is 0.245. The number of aromatic hydroxyl groups is 1. The monoisotopic (exact) mass is 296 g/mol. The third-order valence-corrected chi connectivity index (χ3v) is 4.94. The Labute approximate surface area is 126 Å². The molecule has 0 aromatic heterocycles. The van der Waals surface area contributed by atoms with Gasteiger partial charge in [-0.25, -0.2) is 0 Å². The normalized spacial score (nSPS) is 18.4. The second kappa shape index (κ2) is 6.79. The highest BCUT2D eigenvalue weighted by atomic mass is 35.5. The molecular weight excluding hydrogens is 272 g/mol. The van der Waals surface area contributed by atoms with Crippen molar-refractivity contribution >= 4 is 11.6 Å². The molecule has 1 fully saturated rings. The van der Waals surface area contributed by atoms with Gasteiger partial charge in [-0.3, -0.25) is 0 Å². The van der Waals surface area contributed by atoms with Gasteiger partial charge in [-0.2, -0.15) is 0 Å². The van der Waals surface area contributed by atoms with Crippen LogP contribution < -0.4 is 5.32 Å². The van der Waals surface area contributed by atoms with Crippen LogP contribution in [0.25, 0.3) is 0 Å². The van der Waals surface area contributed by atoms with E-state index < -0.39 is 0 Å². The van der Waals surface area contributed by atoms with Gasteiger partial charge in [-0.15, -0.1) is 0 Å². The summed E-state index contributed by atoms with van der Waals surface area (Å²) in [4.78, 5) is 2.35. The van der Waals surface area contributed by atoms with Crippen LogP contribution in [-0.2, 0) is 6.54 Å². The molecule has 0 spiro atoms. The maximum atomic E-state index is 9.87. The lowest BCUT2D eigenvalue weighted by atomic mass is 9.80. The predicted octanol–water partition coefficient (Wildman–Crippen LogP) is 3.40. The zero-order valence-electron chi connectivity index (χ0n) is 12.5. The topological polar surface area (TPSA) is 35.5 Å². The van der Waals surface area contributed by atoms with Crippen LogP contribution in [0.5, 0.6) is 5.75 Å². The standard InChI is InChI=1S/C16H25ClN2O/c1-19(2)16(9-4-3-5-10-16)12-18-11-13-14(17)7-6-8-15(13)20/h6-8,18,20H,3-5,9-12H2,1-2H3. The van der Waals surface area contributed by atoms with Crippen LogP contribution in [0.15, 0.2) is 18.2 Å². The van der Waals surface area contributed by atoms with Gasteiger partial charge in [0.2, 0.25) is 0 Å². The number of benzene rings is 1. The Morgan fingerprint density at radius 1 is 1.25 bits per heavy atom. The molecule has 3 nitrogen and oxygen atoms in total. The lowest BCUT2D eigenvalue weighted by Gasteiger charge is -2.43.